The Hall–Kier alpha value is -0.450. The molecular formula is C12H15BrFNO. The lowest BCUT2D eigenvalue weighted by atomic mass is 10.2. The summed E-state index contributed by atoms with van der Waals surface area (Å²) in [5, 5.41) is 0. The van der Waals surface area contributed by atoms with Gasteiger partial charge in [-0.05, 0) is 30.2 Å². The maximum Gasteiger partial charge on any atom is 0.124 e. The molecule has 4 heteroatoms. The van der Waals surface area contributed by atoms with E-state index in [9.17, 15) is 4.39 Å². The first-order chi connectivity index (χ1) is 7.67. The molecule has 0 aliphatic carbocycles. The Labute approximate surface area is 104 Å². The molecule has 1 aromatic rings. The van der Waals surface area contributed by atoms with Crippen LogP contribution in [0.25, 0.3) is 0 Å². The van der Waals surface area contributed by atoms with Gasteiger partial charge in [0.05, 0.1) is 6.10 Å². The van der Waals surface area contributed by atoms with Gasteiger partial charge in [0.2, 0.25) is 0 Å². The number of hydrogen-bond acceptors (Lipinski definition) is 2. The third-order valence-electron chi connectivity index (χ3n) is 2.89. The summed E-state index contributed by atoms with van der Waals surface area (Å²) >= 11 is 3.30. The van der Waals surface area contributed by atoms with E-state index in [2.05, 4.69) is 20.8 Å². The van der Waals surface area contributed by atoms with Gasteiger partial charge in [0.15, 0.2) is 0 Å². The normalized spacial score (nSPS) is 21.6. The number of methoxy groups -OCH3 is 1. The largest absolute Gasteiger partial charge is 0.380 e. The predicted molar refractivity (Wildman–Crippen MR) is 64.8 cm³/mol. The van der Waals surface area contributed by atoms with Crippen LogP contribution >= 0.6 is 15.9 Å². The van der Waals surface area contributed by atoms with Crippen LogP contribution in [0, 0.1) is 5.82 Å². The van der Waals surface area contributed by atoms with Crippen LogP contribution in [0.15, 0.2) is 22.7 Å². The Morgan fingerprint density at radius 2 is 2.31 bits per heavy atom. The molecule has 0 spiro atoms. The summed E-state index contributed by atoms with van der Waals surface area (Å²) < 4.78 is 19.3. The molecule has 0 N–H and O–H groups in total. The molecule has 88 valence electrons. The number of halogens is 2. The van der Waals surface area contributed by atoms with Gasteiger partial charge in [-0.15, -0.1) is 0 Å². The number of benzene rings is 1. The van der Waals surface area contributed by atoms with Gasteiger partial charge >= 0.3 is 0 Å². The van der Waals surface area contributed by atoms with E-state index in [1.165, 1.54) is 6.07 Å². The van der Waals surface area contributed by atoms with Gasteiger partial charge in [-0.2, -0.15) is 0 Å². The van der Waals surface area contributed by atoms with E-state index in [-0.39, 0.29) is 5.82 Å². The van der Waals surface area contributed by atoms with Crippen LogP contribution < -0.4 is 0 Å². The van der Waals surface area contributed by atoms with Crippen molar-refractivity contribution in [3.8, 4) is 0 Å². The smallest absolute Gasteiger partial charge is 0.124 e. The first kappa shape index (κ1) is 12.0. The summed E-state index contributed by atoms with van der Waals surface area (Å²) in [6, 6.07) is 5.03. The lowest BCUT2D eigenvalue weighted by molar-refractivity contribution is 0.107. The van der Waals surface area contributed by atoms with Gasteiger partial charge in [0.1, 0.15) is 5.82 Å². The zero-order valence-electron chi connectivity index (χ0n) is 9.25. The van der Waals surface area contributed by atoms with E-state index >= 15 is 0 Å². The molecule has 0 aromatic heterocycles. The monoisotopic (exact) mass is 287 g/mol. The molecule has 0 radical (unpaired) electrons. The Balaban J connectivity index is 1.99. The lowest BCUT2D eigenvalue weighted by Gasteiger charge is -2.15. The Morgan fingerprint density at radius 3 is 2.94 bits per heavy atom. The van der Waals surface area contributed by atoms with Crippen molar-refractivity contribution in [3.63, 3.8) is 0 Å². The van der Waals surface area contributed by atoms with Crippen molar-refractivity contribution in [1.29, 1.82) is 0 Å². The molecule has 1 saturated heterocycles. The fraction of sp³-hybridized carbons (Fsp3) is 0.500. The van der Waals surface area contributed by atoms with E-state index in [0.29, 0.717) is 6.10 Å². The second kappa shape index (κ2) is 5.25. The van der Waals surface area contributed by atoms with Crippen molar-refractivity contribution >= 4 is 15.9 Å². The van der Waals surface area contributed by atoms with Gasteiger partial charge in [-0.3, -0.25) is 4.90 Å². The highest BCUT2D eigenvalue weighted by atomic mass is 79.9. The van der Waals surface area contributed by atoms with Crippen molar-refractivity contribution in [1.82, 2.24) is 4.90 Å². The molecule has 1 atom stereocenters. The van der Waals surface area contributed by atoms with Crippen molar-refractivity contribution in [2.45, 2.75) is 19.1 Å². The average Bonchev–Trinajstić information content (AvgIpc) is 2.64. The SMILES string of the molecule is CO[C@@H]1CCN(Cc2cc(F)cc(Br)c2)C1. The van der Waals surface area contributed by atoms with Crippen LogP contribution in [0.3, 0.4) is 0 Å². The average molecular weight is 288 g/mol. The fourth-order valence-electron chi connectivity index (χ4n) is 2.09. The Morgan fingerprint density at radius 1 is 1.50 bits per heavy atom. The van der Waals surface area contributed by atoms with Gasteiger partial charge in [-0.1, -0.05) is 15.9 Å². The van der Waals surface area contributed by atoms with Crippen molar-refractivity contribution < 1.29 is 9.13 Å². The van der Waals surface area contributed by atoms with Crippen LogP contribution in [0.2, 0.25) is 0 Å². The minimum Gasteiger partial charge on any atom is -0.380 e. The number of ether oxygens (including phenoxy) is 1. The molecule has 2 rings (SSSR count). The number of rotatable bonds is 3. The summed E-state index contributed by atoms with van der Waals surface area (Å²) in [5.74, 6) is -0.188. The van der Waals surface area contributed by atoms with Gasteiger partial charge < -0.3 is 4.74 Å². The summed E-state index contributed by atoms with van der Waals surface area (Å²) in [5.41, 5.74) is 1.00. The molecule has 16 heavy (non-hydrogen) atoms. The molecule has 0 bridgehead atoms. The maximum absolute atomic E-state index is 13.2. The first-order valence-electron chi connectivity index (χ1n) is 5.37. The number of hydrogen-bond donors (Lipinski definition) is 0. The van der Waals surface area contributed by atoms with E-state index in [1.807, 2.05) is 6.07 Å². The standard InChI is InChI=1S/C12H15BrFNO/c1-16-12-2-3-15(8-12)7-9-4-10(13)6-11(14)5-9/h4-6,12H,2-3,7-8H2,1H3/t12-/m1/s1. The minimum absolute atomic E-state index is 0.188. The molecule has 0 saturated carbocycles. The number of likely N-dealkylation sites (tertiary alicyclic amines) is 1. The summed E-state index contributed by atoms with van der Waals surface area (Å²) in [7, 11) is 1.74. The zero-order valence-corrected chi connectivity index (χ0v) is 10.8. The Kier molecular flexibility index (Phi) is 3.95. The molecule has 1 aromatic carbocycles. The predicted octanol–water partition coefficient (Wildman–Crippen LogP) is 2.81. The second-order valence-electron chi connectivity index (χ2n) is 4.16. The quantitative estimate of drug-likeness (QED) is 0.848. The molecule has 0 amide bonds. The van der Waals surface area contributed by atoms with Crippen LogP contribution in [-0.4, -0.2) is 31.2 Å². The zero-order chi connectivity index (χ0) is 11.5. The summed E-state index contributed by atoms with van der Waals surface area (Å²) in [6.07, 6.45) is 1.39. The minimum atomic E-state index is -0.188. The van der Waals surface area contributed by atoms with E-state index in [1.54, 1.807) is 13.2 Å². The van der Waals surface area contributed by atoms with Crippen molar-refractivity contribution in [2.24, 2.45) is 0 Å². The van der Waals surface area contributed by atoms with Crippen LogP contribution in [0.4, 0.5) is 4.39 Å². The van der Waals surface area contributed by atoms with Crippen LogP contribution in [-0.2, 0) is 11.3 Å². The molecule has 1 aliphatic rings. The number of nitrogens with zero attached hydrogens (tertiary/aromatic N) is 1. The molecule has 1 heterocycles. The van der Waals surface area contributed by atoms with Gasteiger partial charge in [0.25, 0.3) is 0 Å². The van der Waals surface area contributed by atoms with E-state index < -0.39 is 0 Å². The molecule has 0 unspecified atom stereocenters. The summed E-state index contributed by atoms with van der Waals surface area (Å²) in [6.45, 7) is 2.74. The van der Waals surface area contributed by atoms with Gasteiger partial charge in [0, 0.05) is 31.2 Å². The third-order valence-corrected chi connectivity index (χ3v) is 3.35. The van der Waals surface area contributed by atoms with Crippen molar-refractivity contribution in [3.05, 3.63) is 34.1 Å². The van der Waals surface area contributed by atoms with E-state index in [4.69, 9.17) is 4.74 Å². The van der Waals surface area contributed by atoms with Crippen LogP contribution in [0.5, 0.6) is 0 Å². The fourth-order valence-corrected chi connectivity index (χ4v) is 2.61. The van der Waals surface area contributed by atoms with Crippen LogP contribution in [0.1, 0.15) is 12.0 Å². The molecule has 1 aliphatic heterocycles. The molecular weight excluding hydrogens is 273 g/mol. The highest BCUT2D eigenvalue weighted by molar-refractivity contribution is 9.10. The highest BCUT2D eigenvalue weighted by Gasteiger charge is 2.21. The molecule has 2 nitrogen and oxygen atoms in total. The summed E-state index contributed by atoms with van der Waals surface area (Å²) in [4.78, 5) is 2.29. The van der Waals surface area contributed by atoms with Crippen molar-refractivity contribution in [2.75, 3.05) is 20.2 Å². The third kappa shape index (κ3) is 3.03. The topological polar surface area (TPSA) is 12.5 Å². The maximum atomic E-state index is 13.2. The Bertz CT molecular complexity index is 352. The first-order valence-corrected chi connectivity index (χ1v) is 6.17. The lowest BCUT2D eigenvalue weighted by Crippen LogP contribution is -2.22. The van der Waals surface area contributed by atoms with E-state index in [0.717, 1.165) is 36.1 Å². The highest BCUT2D eigenvalue weighted by Crippen LogP contribution is 2.19. The molecule has 1 fully saturated rings. The van der Waals surface area contributed by atoms with Gasteiger partial charge in [-0.25, -0.2) is 4.39 Å². The second-order valence-corrected chi connectivity index (χ2v) is 5.07.